The summed E-state index contributed by atoms with van der Waals surface area (Å²) in [5.74, 6) is 0.441. The molecule has 0 aliphatic heterocycles. The van der Waals surface area contributed by atoms with Crippen molar-refractivity contribution in [3.8, 4) is 5.75 Å². The molecule has 0 radical (unpaired) electrons. The van der Waals surface area contributed by atoms with E-state index in [1.54, 1.807) is 6.07 Å². The molecule has 21 heavy (non-hydrogen) atoms. The molecule has 1 aliphatic rings. The van der Waals surface area contributed by atoms with Gasteiger partial charge in [-0.2, -0.15) is 0 Å². The lowest BCUT2D eigenvalue weighted by Gasteiger charge is -2.35. The number of hydrogen-bond donors (Lipinski definition) is 1. The lowest BCUT2D eigenvalue weighted by molar-refractivity contribution is 0.178. The minimum Gasteiger partial charge on any atom is -0.508 e. The number of nitrogens with zero attached hydrogens (tertiary/aromatic N) is 4. The van der Waals surface area contributed by atoms with E-state index >= 15 is 0 Å². The number of rotatable bonds is 7. The van der Waals surface area contributed by atoms with Crippen LogP contribution in [0, 0.1) is 0 Å². The first-order valence-corrected chi connectivity index (χ1v) is 7.81. The molecule has 0 aromatic heterocycles. The number of azide groups is 1. The zero-order chi connectivity index (χ0) is 15.1. The maximum absolute atomic E-state index is 9.92. The van der Waals surface area contributed by atoms with Crippen LogP contribution in [0.4, 0.5) is 0 Å². The van der Waals surface area contributed by atoms with Crippen LogP contribution in [0.3, 0.4) is 0 Å². The highest BCUT2D eigenvalue weighted by Gasteiger charge is 2.24. The summed E-state index contributed by atoms with van der Waals surface area (Å²) in [5.41, 5.74) is 10.7. The van der Waals surface area contributed by atoms with Gasteiger partial charge in [0.15, 0.2) is 0 Å². The first-order valence-electron chi connectivity index (χ1n) is 7.81. The van der Waals surface area contributed by atoms with Crippen molar-refractivity contribution in [2.24, 2.45) is 5.11 Å². The Labute approximate surface area is 126 Å². The quantitative estimate of drug-likeness (QED) is 0.360. The molecule has 1 aromatic rings. The molecule has 5 heteroatoms. The van der Waals surface area contributed by atoms with Crippen LogP contribution in [0.5, 0.6) is 5.75 Å². The van der Waals surface area contributed by atoms with Gasteiger partial charge < -0.3 is 10.0 Å². The van der Waals surface area contributed by atoms with Crippen molar-refractivity contribution in [1.82, 2.24) is 4.90 Å². The van der Waals surface area contributed by atoms with Gasteiger partial charge in [-0.1, -0.05) is 24.2 Å². The monoisotopic (exact) mass is 288 g/mol. The Hall–Kier alpha value is -1.71. The van der Waals surface area contributed by atoms with Crippen LogP contribution in [0.15, 0.2) is 23.3 Å². The summed E-state index contributed by atoms with van der Waals surface area (Å²) >= 11 is 0. The predicted molar refractivity (Wildman–Crippen MR) is 84.4 cm³/mol. The molecule has 0 spiro atoms. The van der Waals surface area contributed by atoms with E-state index in [0.717, 1.165) is 50.8 Å². The second-order valence-corrected chi connectivity index (χ2v) is 5.66. The van der Waals surface area contributed by atoms with Gasteiger partial charge in [-0.15, -0.1) is 0 Å². The molecule has 1 aromatic carbocycles. The third kappa shape index (κ3) is 4.13. The minimum absolute atomic E-state index is 0.441. The van der Waals surface area contributed by atoms with E-state index in [0.29, 0.717) is 18.3 Å². The number of aromatic hydroxyl groups is 1. The second-order valence-electron chi connectivity index (χ2n) is 5.66. The smallest absolute Gasteiger partial charge is 0.119 e. The predicted octanol–water partition coefficient (Wildman–Crippen LogP) is 3.66. The molecular weight excluding hydrogens is 264 g/mol. The lowest BCUT2D eigenvalue weighted by Crippen LogP contribution is -2.40. The van der Waals surface area contributed by atoms with Crippen molar-refractivity contribution in [1.29, 1.82) is 0 Å². The summed E-state index contributed by atoms with van der Waals surface area (Å²) < 4.78 is 0. The van der Waals surface area contributed by atoms with Crippen molar-refractivity contribution in [3.05, 3.63) is 39.8 Å². The highest BCUT2D eigenvalue weighted by molar-refractivity contribution is 5.41. The van der Waals surface area contributed by atoms with E-state index in [4.69, 9.17) is 5.53 Å². The van der Waals surface area contributed by atoms with Gasteiger partial charge in [0, 0.05) is 17.5 Å². The summed E-state index contributed by atoms with van der Waals surface area (Å²) in [5, 5.41) is 13.5. The van der Waals surface area contributed by atoms with Gasteiger partial charge >= 0.3 is 0 Å². The van der Waals surface area contributed by atoms with E-state index in [-0.39, 0.29) is 0 Å². The molecule has 0 amide bonds. The van der Waals surface area contributed by atoms with Crippen molar-refractivity contribution in [3.63, 3.8) is 0 Å². The molecule has 0 bridgehead atoms. The van der Waals surface area contributed by atoms with Crippen molar-refractivity contribution in [2.75, 3.05) is 19.6 Å². The largest absolute Gasteiger partial charge is 0.508 e. The molecule has 1 atom stereocenters. The van der Waals surface area contributed by atoms with E-state index in [9.17, 15) is 5.11 Å². The van der Waals surface area contributed by atoms with Crippen LogP contribution in [-0.4, -0.2) is 35.7 Å². The van der Waals surface area contributed by atoms with E-state index in [1.165, 1.54) is 5.56 Å². The van der Waals surface area contributed by atoms with E-state index in [2.05, 4.69) is 27.9 Å². The van der Waals surface area contributed by atoms with Gasteiger partial charge in [-0.05, 0) is 67.9 Å². The Morgan fingerprint density at radius 1 is 1.43 bits per heavy atom. The Kier molecular flexibility index (Phi) is 5.90. The minimum atomic E-state index is 0.441. The standard InChI is InChI=1S/C16H24N4O/c1-2-10-20(11-4-9-18-19-17)14-7-8-15-13(12-14)5-3-6-16(15)21/h3,5-6,14,21H,2,4,7-12H2,1H3. The number of fused-ring (bicyclic) bond motifs is 1. The molecule has 0 fully saturated rings. The lowest BCUT2D eigenvalue weighted by atomic mass is 9.86. The van der Waals surface area contributed by atoms with Crippen LogP contribution in [0.25, 0.3) is 10.4 Å². The van der Waals surface area contributed by atoms with E-state index < -0.39 is 0 Å². The number of hydrogen-bond acceptors (Lipinski definition) is 3. The van der Waals surface area contributed by atoms with Gasteiger partial charge in [0.1, 0.15) is 5.75 Å². The molecule has 0 heterocycles. The fraction of sp³-hybridized carbons (Fsp3) is 0.625. The molecule has 2 rings (SSSR count). The number of phenols is 1. The maximum Gasteiger partial charge on any atom is 0.119 e. The molecule has 0 saturated heterocycles. The second kappa shape index (κ2) is 7.91. The number of benzene rings is 1. The summed E-state index contributed by atoms with van der Waals surface area (Å²) in [7, 11) is 0. The third-order valence-electron chi connectivity index (χ3n) is 4.23. The summed E-state index contributed by atoms with van der Waals surface area (Å²) in [6.07, 6.45) is 5.08. The molecular formula is C16H24N4O. The first-order chi connectivity index (χ1) is 10.3. The van der Waals surface area contributed by atoms with Crippen LogP contribution in [-0.2, 0) is 12.8 Å². The zero-order valence-corrected chi connectivity index (χ0v) is 12.7. The zero-order valence-electron chi connectivity index (χ0n) is 12.7. The highest BCUT2D eigenvalue weighted by Crippen LogP contribution is 2.30. The van der Waals surface area contributed by atoms with Crippen molar-refractivity contribution >= 4 is 0 Å². The Morgan fingerprint density at radius 2 is 2.29 bits per heavy atom. The van der Waals surface area contributed by atoms with Crippen LogP contribution < -0.4 is 0 Å². The number of phenolic OH excluding ortho intramolecular Hbond substituents is 1. The SMILES string of the molecule is CCCN(CCCN=[N+]=[N-])C1CCc2c(O)cccc2C1. The Bertz CT molecular complexity index is 511. The fourth-order valence-electron chi connectivity index (χ4n) is 3.23. The van der Waals surface area contributed by atoms with Crippen LogP contribution >= 0.6 is 0 Å². The molecule has 1 unspecified atom stereocenters. The molecule has 5 nitrogen and oxygen atoms in total. The first kappa shape index (κ1) is 15.7. The molecule has 114 valence electrons. The Morgan fingerprint density at radius 3 is 3.05 bits per heavy atom. The normalized spacial score (nSPS) is 17.3. The fourth-order valence-corrected chi connectivity index (χ4v) is 3.23. The third-order valence-corrected chi connectivity index (χ3v) is 4.23. The van der Waals surface area contributed by atoms with Gasteiger partial charge in [0.05, 0.1) is 0 Å². The average Bonchev–Trinajstić information content (AvgIpc) is 2.50. The summed E-state index contributed by atoms with van der Waals surface area (Å²) in [6.45, 7) is 4.82. The molecule has 1 N–H and O–H groups in total. The van der Waals surface area contributed by atoms with Gasteiger partial charge in [-0.3, -0.25) is 0 Å². The van der Waals surface area contributed by atoms with Gasteiger partial charge in [0.2, 0.25) is 0 Å². The maximum atomic E-state index is 9.92. The van der Waals surface area contributed by atoms with Crippen molar-refractivity contribution < 1.29 is 5.11 Å². The van der Waals surface area contributed by atoms with Crippen LogP contribution in [0.1, 0.15) is 37.3 Å². The molecule has 1 aliphatic carbocycles. The van der Waals surface area contributed by atoms with Gasteiger partial charge in [-0.25, -0.2) is 0 Å². The Balaban J connectivity index is 1.99. The highest BCUT2D eigenvalue weighted by atomic mass is 16.3. The van der Waals surface area contributed by atoms with Crippen LogP contribution in [0.2, 0.25) is 0 Å². The molecule has 0 saturated carbocycles. The summed E-state index contributed by atoms with van der Waals surface area (Å²) in [6, 6.07) is 6.38. The topological polar surface area (TPSA) is 72.2 Å². The van der Waals surface area contributed by atoms with Crippen molar-refractivity contribution in [2.45, 2.75) is 45.1 Å². The van der Waals surface area contributed by atoms with Gasteiger partial charge in [0.25, 0.3) is 0 Å². The van der Waals surface area contributed by atoms with E-state index in [1.807, 2.05) is 6.07 Å². The average molecular weight is 288 g/mol. The summed E-state index contributed by atoms with van der Waals surface area (Å²) in [4.78, 5) is 5.32.